The van der Waals surface area contributed by atoms with Gasteiger partial charge in [-0.05, 0) is 42.5 Å². The second-order valence-corrected chi connectivity index (χ2v) is 9.21. The predicted octanol–water partition coefficient (Wildman–Crippen LogP) is 5.37. The highest BCUT2D eigenvalue weighted by atomic mass is 35.5. The van der Waals surface area contributed by atoms with Gasteiger partial charge in [0.2, 0.25) is 11.8 Å². The van der Waals surface area contributed by atoms with Crippen LogP contribution >= 0.6 is 22.9 Å². The maximum Gasteiger partial charge on any atom is 0.247 e. The van der Waals surface area contributed by atoms with Crippen LogP contribution in [0.5, 0.6) is 0 Å². The van der Waals surface area contributed by atoms with Gasteiger partial charge in [-0.3, -0.25) is 9.59 Å². The fourth-order valence-electron chi connectivity index (χ4n) is 4.06. The molecule has 4 rings (SSSR count). The fourth-order valence-corrected chi connectivity index (χ4v) is 4.99. The van der Waals surface area contributed by atoms with Gasteiger partial charge >= 0.3 is 0 Å². The van der Waals surface area contributed by atoms with E-state index in [1.807, 2.05) is 41.8 Å². The minimum absolute atomic E-state index is 0.135. The van der Waals surface area contributed by atoms with Crippen LogP contribution in [0.1, 0.15) is 47.9 Å². The van der Waals surface area contributed by atoms with Crippen LogP contribution in [0.15, 0.2) is 64.6 Å². The van der Waals surface area contributed by atoms with Crippen LogP contribution in [0.2, 0.25) is 5.02 Å². The number of rotatable bonds is 8. The van der Waals surface area contributed by atoms with Crippen LogP contribution in [0, 0.1) is 0 Å². The third kappa shape index (κ3) is 5.38. The summed E-state index contributed by atoms with van der Waals surface area (Å²) in [6, 6.07) is 14.0. The zero-order valence-electron chi connectivity index (χ0n) is 17.1. The Bertz CT molecular complexity index is 998. The number of benzene rings is 1. The minimum atomic E-state index is -0.841. The number of thiophene rings is 1. The summed E-state index contributed by atoms with van der Waals surface area (Å²) in [6.45, 7) is 0.186. The fraction of sp³-hybridized carbons (Fsp3) is 0.333. The Balaban J connectivity index is 1.69. The molecular weight excluding hydrogens is 432 g/mol. The van der Waals surface area contributed by atoms with Gasteiger partial charge in [0.05, 0.1) is 19.2 Å². The number of furan rings is 1. The van der Waals surface area contributed by atoms with E-state index >= 15 is 0 Å². The first-order valence-corrected chi connectivity index (χ1v) is 11.8. The van der Waals surface area contributed by atoms with Gasteiger partial charge in [-0.2, -0.15) is 0 Å². The van der Waals surface area contributed by atoms with Crippen LogP contribution in [-0.2, 0) is 22.6 Å². The molecule has 31 heavy (non-hydrogen) atoms. The average molecular weight is 457 g/mol. The molecule has 2 amide bonds. The summed E-state index contributed by atoms with van der Waals surface area (Å²) in [5.74, 6) is 0.265. The molecule has 1 unspecified atom stereocenters. The van der Waals surface area contributed by atoms with Gasteiger partial charge in [-0.1, -0.05) is 48.7 Å². The smallest absolute Gasteiger partial charge is 0.247 e. The molecule has 1 atom stereocenters. The highest BCUT2D eigenvalue weighted by molar-refractivity contribution is 7.10. The lowest BCUT2D eigenvalue weighted by molar-refractivity contribution is -0.141. The third-order valence-corrected chi connectivity index (χ3v) is 6.81. The van der Waals surface area contributed by atoms with E-state index in [-0.39, 0.29) is 30.8 Å². The standard InChI is InChI=1S/C24H25ClN2O3S/c25-21-12-4-3-11-20(21)23(24(29)26-17-7-1-2-8-17)27(16-18-9-5-13-30-18)22(28)15-19-10-6-14-31-19/h3-6,9-14,17,23H,1-2,7-8,15-16H2,(H,26,29). The maximum atomic E-state index is 13.5. The van der Waals surface area contributed by atoms with E-state index in [4.69, 9.17) is 16.0 Å². The molecule has 1 aromatic carbocycles. The van der Waals surface area contributed by atoms with Gasteiger partial charge in [0.15, 0.2) is 0 Å². The molecule has 0 bridgehead atoms. The lowest BCUT2D eigenvalue weighted by atomic mass is 10.0. The number of carbonyl (C=O) groups excluding carboxylic acids is 2. The minimum Gasteiger partial charge on any atom is -0.467 e. The van der Waals surface area contributed by atoms with Crippen molar-refractivity contribution in [1.82, 2.24) is 10.2 Å². The molecule has 1 aliphatic carbocycles. The molecule has 2 aromatic heterocycles. The van der Waals surface area contributed by atoms with Crippen molar-refractivity contribution in [2.24, 2.45) is 0 Å². The van der Waals surface area contributed by atoms with Crippen LogP contribution in [0.25, 0.3) is 0 Å². The van der Waals surface area contributed by atoms with Crippen molar-refractivity contribution in [3.05, 3.63) is 81.4 Å². The zero-order valence-corrected chi connectivity index (χ0v) is 18.7. The quantitative estimate of drug-likeness (QED) is 0.496. The summed E-state index contributed by atoms with van der Waals surface area (Å²) >= 11 is 8.04. The lowest BCUT2D eigenvalue weighted by Crippen LogP contribution is -2.46. The number of hydrogen-bond donors (Lipinski definition) is 1. The zero-order chi connectivity index (χ0) is 21.6. The third-order valence-electron chi connectivity index (χ3n) is 5.59. The molecule has 2 heterocycles. The van der Waals surface area contributed by atoms with Gasteiger partial charge < -0.3 is 14.6 Å². The number of hydrogen-bond acceptors (Lipinski definition) is 4. The van der Waals surface area contributed by atoms with Crippen LogP contribution in [0.3, 0.4) is 0 Å². The van der Waals surface area contributed by atoms with Crippen molar-refractivity contribution in [3.8, 4) is 0 Å². The predicted molar refractivity (Wildman–Crippen MR) is 122 cm³/mol. The van der Waals surface area contributed by atoms with Crippen molar-refractivity contribution in [2.45, 2.75) is 50.7 Å². The van der Waals surface area contributed by atoms with E-state index in [2.05, 4.69) is 5.32 Å². The molecule has 0 aliphatic heterocycles. The van der Waals surface area contributed by atoms with Gasteiger partial charge in [-0.25, -0.2) is 0 Å². The topological polar surface area (TPSA) is 62.6 Å². The monoisotopic (exact) mass is 456 g/mol. The van der Waals surface area contributed by atoms with E-state index in [1.165, 1.54) is 11.3 Å². The van der Waals surface area contributed by atoms with Gasteiger partial charge in [0.1, 0.15) is 11.8 Å². The summed E-state index contributed by atoms with van der Waals surface area (Å²) in [5.41, 5.74) is 0.616. The van der Waals surface area contributed by atoms with Crippen molar-refractivity contribution in [2.75, 3.05) is 0 Å². The van der Waals surface area contributed by atoms with Crippen molar-refractivity contribution >= 4 is 34.8 Å². The first-order chi connectivity index (χ1) is 15.1. The summed E-state index contributed by atoms with van der Waals surface area (Å²) < 4.78 is 5.52. The molecule has 1 N–H and O–H groups in total. The highest BCUT2D eigenvalue weighted by Gasteiger charge is 2.34. The van der Waals surface area contributed by atoms with Crippen LogP contribution < -0.4 is 5.32 Å². The Morgan fingerprint density at radius 3 is 2.61 bits per heavy atom. The number of halogens is 1. The van der Waals surface area contributed by atoms with Gasteiger partial charge in [-0.15, -0.1) is 11.3 Å². The van der Waals surface area contributed by atoms with E-state index in [0.29, 0.717) is 16.3 Å². The molecule has 7 heteroatoms. The second-order valence-electron chi connectivity index (χ2n) is 7.77. The lowest BCUT2D eigenvalue weighted by Gasteiger charge is -2.32. The molecule has 0 spiro atoms. The summed E-state index contributed by atoms with van der Waals surface area (Å²) in [6.07, 6.45) is 5.92. The second kappa shape index (κ2) is 10.2. The maximum absolute atomic E-state index is 13.5. The number of carbonyl (C=O) groups is 2. The molecule has 162 valence electrons. The summed E-state index contributed by atoms with van der Waals surface area (Å²) in [5, 5.41) is 5.56. The molecule has 0 saturated heterocycles. The molecule has 3 aromatic rings. The molecule has 1 saturated carbocycles. The van der Waals surface area contributed by atoms with Crippen LogP contribution in [0.4, 0.5) is 0 Å². The molecular formula is C24H25ClN2O3S. The van der Waals surface area contributed by atoms with Crippen molar-refractivity contribution in [3.63, 3.8) is 0 Å². The SMILES string of the molecule is O=C(NC1CCCC1)C(c1ccccc1Cl)N(Cc1ccco1)C(=O)Cc1cccs1. The van der Waals surface area contributed by atoms with E-state index in [9.17, 15) is 9.59 Å². The van der Waals surface area contributed by atoms with E-state index < -0.39 is 6.04 Å². The summed E-state index contributed by atoms with van der Waals surface area (Å²) in [4.78, 5) is 29.5. The number of amides is 2. The van der Waals surface area contributed by atoms with Crippen molar-refractivity contribution < 1.29 is 14.0 Å². The Labute approximate surface area is 191 Å². The van der Waals surface area contributed by atoms with Gasteiger partial charge in [0.25, 0.3) is 0 Å². The molecule has 1 aliphatic rings. The average Bonchev–Trinajstić information content (AvgIpc) is 3.53. The van der Waals surface area contributed by atoms with Gasteiger partial charge in [0, 0.05) is 21.5 Å². The Morgan fingerprint density at radius 2 is 1.94 bits per heavy atom. The number of nitrogens with zero attached hydrogens (tertiary/aromatic N) is 1. The first-order valence-electron chi connectivity index (χ1n) is 10.5. The Hall–Kier alpha value is -2.57. The molecule has 5 nitrogen and oxygen atoms in total. The van der Waals surface area contributed by atoms with E-state index in [0.717, 1.165) is 30.6 Å². The van der Waals surface area contributed by atoms with Crippen molar-refractivity contribution in [1.29, 1.82) is 0 Å². The highest BCUT2D eigenvalue weighted by Crippen LogP contribution is 2.31. The normalized spacial score (nSPS) is 15.0. The largest absolute Gasteiger partial charge is 0.467 e. The number of nitrogens with one attached hydrogen (secondary N) is 1. The Kier molecular flexibility index (Phi) is 7.10. The van der Waals surface area contributed by atoms with E-state index in [1.54, 1.807) is 23.3 Å². The first kappa shape index (κ1) is 21.7. The summed E-state index contributed by atoms with van der Waals surface area (Å²) in [7, 11) is 0. The Morgan fingerprint density at radius 1 is 1.13 bits per heavy atom. The van der Waals surface area contributed by atoms with Crippen LogP contribution in [-0.4, -0.2) is 22.8 Å². The molecule has 1 fully saturated rings. The molecule has 0 radical (unpaired) electrons.